The maximum atomic E-state index is 11.5. The van der Waals surface area contributed by atoms with Crippen LogP contribution in [0, 0.1) is 0 Å². The van der Waals surface area contributed by atoms with Gasteiger partial charge in [-0.15, -0.1) is 6.58 Å². The Morgan fingerprint density at radius 2 is 1.82 bits per heavy atom. The minimum Gasteiger partial charge on any atom is -0.455 e. The number of hydrogen-bond acceptors (Lipinski definition) is 3. The summed E-state index contributed by atoms with van der Waals surface area (Å²) in [5.41, 5.74) is 0.864. The summed E-state index contributed by atoms with van der Waals surface area (Å²) < 4.78 is 5.86. The quantitative estimate of drug-likeness (QED) is 0.732. The molecule has 2 N–H and O–H groups in total. The molecule has 0 unspecified atom stereocenters. The molecule has 2 aromatic rings. The molecule has 1 amide bonds. The van der Waals surface area contributed by atoms with Gasteiger partial charge in [-0.3, -0.25) is 4.79 Å². The van der Waals surface area contributed by atoms with Crippen molar-refractivity contribution in [2.45, 2.75) is 6.42 Å². The number of nitrogens with one attached hydrogen (secondary N) is 2. The van der Waals surface area contributed by atoms with Gasteiger partial charge in [0.15, 0.2) is 5.75 Å². The van der Waals surface area contributed by atoms with Crippen LogP contribution in [0.2, 0.25) is 0 Å². The molecule has 0 aromatic heterocycles. The van der Waals surface area contributed by atoms with E-state index >= 15 is 0 Å². The molecule has 0 radical (unpaired) electrons. The largest absolute Gasteiger partial charge is 0.455 e. The highest BCUT2D eigenvalue weighted by atomic mass is 16.5. The summed E-state index contributed by atoms with van der Waals surface area (Å²) in [6, 6.07) is 17.3. The molecule has 0 saturated heterocycles. The SMILES string of the molecule is C=CCNC(=O)CCNc1ccccc1Oc1ccccc1. The fraction of sp³-hybridized carbons (Fsp3) is 0.167. The topological polar surface area (TPSA) is 50.4 Å². The molecule has 0 aliphatic carbocycles. The molecule has 0 aliphatic rings. The molecule has 0 atom stereocenters. The number of hydrogen-bond donors (Lipinski definition) is 2. The number of carbonyl (C=O) groups is 1. The zero-order valence-electron chi connectivity index (χ0n) is 12.4. The molecule has 4 heteroatoms. The lowest BCUT2D eigenvalue weighted by Gasteiger charge is -2.12. The molecule has 114 valence electrons. The Labute approximate surface area is 130 Å². The van der Waals surface area contributed by atoms with Crippen LogP contribution in [0.3, 0.4) is 0 Å². The molecular formula is C18H20N2O2. The molecule has 0 aliphatic heterocycles. The van der Waals surface area contributed by atoms with E-state index in [0.29, 0.717) is 19.5 Å². The molecule has 0 saturated carbocycles. The predicted octanol–water partition coefficient (Wildman–Crippen LogP) is 3.58. The van der Waals surface area contributed by atoms with Gasteiger partial charge in [0.25, 0.3) is 0 Å². The van der Waals surface area contributed by atoms with Crippen molar-refractivity contribution in [3.8, 4) is 11.5 Å². The molecule has 0 fully saturated rings. The first kappa shape index (κ1) is 15.6. The van der Waals surface area contributed by atoms with Gasteiger partial charge in [-0.05, 0) is 24.3 Å². The van der Waals surface area contributed by atoms with Crippen LogP contribution in [0.5, 0.6) is 11.5 Å². The van der Waals surface area contributed by atoms with E-state index in [1.807, 2.05) is 54.6 Å². The summed E-state index contributed by atoms with van der Waals surface area (Å²) >= 11 is 0. The van der Waals surface area contributed by atoms with Crippen molar-refractivity contribution >= 4 is 11.6 Å². The average molecular weight is 296 g/mol. The number of amides is 1. The number of rotatable bonds is 8. The third kappa shape index (κ3) is 4.98. The van der Waals surface area contributed by atoms with Gasteiger partial charge in [0, 0.05) is 19.5 Å². The van der Waals surface area contributed by atoms with E-state index in [4.69, 9.17) is 4.74 Å². The van der Waals surface area contributed by atoms with Gasteiger partial charge in [0.1, 0.15) is 5.75 Å². The second-order valence-corrected chi connectivity index (χ2v) is 4.68. The minimum absolute atomic E-state index is 0.00569. The number of para-hydroxylation sites is 3. The number of ether oxygens (including phenoxy) is 1. The van der Waals surface area contributed by atoms with Crippen LogP contribution in [0.1, 0.15) is 6.42 Å². The average Bonchev–Trinajstić information content (AvgIpc) is 2.55. The first-order valence-corrected chi connectivity index (χ1v) is 7.23. The predicted molar refractivity (Wildman–Crippen MR) is 89.3 cm³/mol. The highest BCUT2D eigenvalue weighted by Crippen LogP contribution is 2.28. The van der Waals surface area contributed by atoms with Crippen LogP contribution in [0.15, 0.2) is 67.3 Å². The summed E-state index contributed by atoms with van der Waals surface area (Å²) in [7, 11) is 0. The smallest absolute Gasteiger partial charge is 0.222 e. The fourth-order valence-electron chi connectivity index (χ4n) is 1.90. The molecule has 0 spiro atoms. The summed E-state index contributed by atoms with van der Waals surface area (Å²) in [5.74, 6) is 1.51. The minimum atomic E-state index is -0.00569. The molecular weight excluding hydrogens is 276 g/mol. The van der Waals surface area contributed by atoms with Crippen molar-refractivity contribution in [2.24, 2.45) is 0 Å². The summed E-state index contributed by atoms with van der Waals surface area (Å²) in [6.45, 7) is 4.60. The fourth-order valence-corrected chi connectivity index (χ4v) is 1.90. The van der Waals surface area contributed by atoms with Crippen molar-refractivity contribution in [1.82, 2.24) is 5.32 Å². The Hall–Kier alpha value is -2.75. The highest BCUT2D eigenvalue weighted by molar-refractivity contribution is 5.76. The van der Waals surface area contributed by atoms with Crippen LogP contribution < -0.4 is 15.4 Å². The van der Waals surface area contributed by atoms with Crippen molar-refractivity contribution in [2.75, 3.05) is 18.4 Å². The third-order valence-corrected chi connectivity index (χ3v) is 2.97. The summed E-state index contributed by atoms with van der Waals surface area (Å²) in [5, 5.41) is 5.97. The second kappa shape index (κ2) is 8.52. The molecule has 4 nitrogen and oxygen atoms in total. The van der Waals surface area contributed by atoms with E-state index in [1.54, 1.807) is 6.08 Å². The van der Waals surface area contributed by atoms with E-state index in [-0.39, 0.29) is 5.91 Å². The zero-order valence-corrected chi connectivity index (χ0v) is 12.4. The lowest BCUT2D eigenvalue weighted by Crippen LogP contribution is -2.25. The van der Waals surface area contributed by atoms with Crippen molar-refractivity contribution in [1.29, 1.82) is 0 Å². The Kier molecular flexibility index (Phi) is 6.05. The Bertz CT molecular complexity index is 611. The van der Waals surface area contributed by atoms with Gasteiger partial charge in [-0.2, -0.15) is 0 Å². The van der Waals surface area contributed by atoms with Crippen LogP contribution in [0.4, 0.5) is 5.69 Å². The molecule has 0 bridgehead atoms. The van der Waals surface area contributed by atoms with Crippen LogP contribution in [0.25, 0.3) is 0 Å². The Balaban J connectivity index is 1.91. The lowest BCUT2D eigenvalue weighted by molar-refractivity contribution is -0.120. The maximum absolute atomic E-state index is 11.5. The Morgan fingerprint density at radius 3 is 2.59 bits per heavy atom. The van der Waals surface area contributed by atoms with Crippen molar-refractivity contribution < 1.29 is 9.53 Å². The second-order valence-electron chi connectivity index (χ2n) is 4.68. The van der Waals surface area contributed by atoms with Crippen LogP contribution >= 0.6 is 0 Å². The van der Waals surface area contributed by atoms with Gasteiger partial charge in [-0.25, -0.2) is 0 Å². The van der Waals surface area contributed by atoms with E-state index in [2.05, 4.69) is 17.2 Å². The molecule has 0 heterocycles. The number of benzene rings is 2. The van der Waals surface area contributed by atoms with Gasteiger partial charge in [0.05, 0.1) is 5.69 Å². The van der Waals surface area contributed by atoms with Gasteiger partial charge >= 0.3 is 0 Å². The zero-order chi connectivity index (χ0) is 15.6. The first-order valence-electron chi connectivity index (χ1n) is 7.23. The molecule has 2 aromatic carbocycles. The molecule has 22 heavy (non-hydrogen) atoms. The first-order chi connectivity index (χ1) is 10.8. The number of anilines is 1. The van der Waals surface area contributed by atoms with Crippen molar-refractivity contribution in [3.63, 3.8) is 0 Å². The highest BCUT2D eigenvalue weighted by Gasteiger charge is 2.05. The summed E-state index contributed by atoms with van der Waals surface area (Å²) in [6.07, 6.45) is 2.06. The normalized spacial score (nSPS) is 9.82. The maximum Gasteiger partial charge on any atom is 0.222 e. The van der Waals surface area contributed by atoms with E-state index in [9.17, 15) is 4.79 Å². The molecule has 2 rings (SSSR count). The van der Waals surface area contributed by atoms with Gasteiger partial charge < -0.3 is 15.4 Å². The summed E-state index contributed by atoms with van der Waals surface area (Å²) in [4.78, 5) is 11.5. The lowest BCUT2D eigenvalue weighted by atomic mass is 10.2. The van der Waals surface area contributed by atoms with E-state index in [1.165, 1.54) is 0 Å². The van der Waals surface area contributed by atoms with E-state index < -0.39 is 0 Å². The monoisotopic (exact) mass is 296 g/mol. The Morgan fingerprint density at radius 1 is 1.09 bits per heavy atom. The third-order valence-electron chi connectivity index (χ3n) is 2.97. The van der Waals surface area contributed by atoms with E-state index in [0.717, 1.165) is 17.2 Å². The van der Waals surface area contributed by atoms with Crippen LogP contribution in [-0.2, 0) is 4.79 Å². The number of carbonyl (C=O) groups excluding carboxylic acids is 1. The van der Waals surface area contributed by atoms with Gasteiger partial charge in [0.2, 0.25) is 5.91 Å². The van der Waals surface area contributed by atoms with Crippen LogP contribution in [-0.4, -0.2) is 19.0 Å². The standard InChI is InChI=1S/C18H20N2O2/c1-2-13-20-18(21)12-14-19-16-10-6-7-11-17(16)22-15-8-4-3-5-9-15/h2-11,19H,1,12-14H2,(H,20,21). The van der Waals surface area contributed by atoms with Crippen molar-refractivity contribution in [3.05, 3.63) is 67.3 Å². The van der Waals surface area contributed by atoms with Gasteiger partial charge in [-0.1, -0.05) is 36.4 Å².